The van der Waals surface area contributed by atoms with Crippen molar-refractivity contribution >= 4 is 12.1 Å². The van der Waals surface area contributed by atoms with E-state index < -0.39 is 0 Å². The second kappa shape index (κ2) is 4.37. The van der Waals surface area contributed by atoms with E-state index in [1.807, 2.05) is 32.0 Å². The lowest BCUT2D eigenvalue weighted by molar-refractivity contribution is 0.102. The van der Waals surface area contributed by atoms with Crippen LogP contribution in [0.4, 0.5) is 0 Å². The summed E-state index contributed by atoms with van der Waals surface area (Å²) in [6, 6.07) is 7.35. The van der Waals surface area contributed by atoms with Crippen LogP contribution < -0.4 is 0 Å². The Labute approximate surface area is 99.5 Å². The molecule has 2 rings (SSSR count). The summed E-state index contributed by atoms with van der Waals surface area (Å²) in [7, 11) is 0. The third kappa shape index (κ3) is 2.04. The number of H-pyrrole nitrogens is 1. The second-order valence-corrected chi connectivity index (χ2v) is 4.07. The molecular weight excluding hydrogens is 214 g/mol. The average molecular weight is 227 g/mol. The van der Waals surface area contributed by atoms with E-state index in [-0.39, 0.29) is 5.78 Å². The van der Waals surface area contributed by atoms with E-state index >= 15 is 0 Å². The quantitative estimate of drug-likeness (QED) is 0.647. The number of hydrogen-bond acceptors (Lipinski definition) is 2. The molecule has 3 nitrogen and oxygen atoms in total. The molecule has 86 valence electrons. The first-order valence-corrected chi connectivity index (χ1v) is 5.38. The Morgan fingerprint density at radius 1 is 1.18 bits per heavy atom. The summed E-state index contributed by atoms with van der Waals surface area (Å²) in [5.41, 5.74) is 3.35. The molecule has 0 radical (unpaired) electrons. The molecule has 0 spiro atoms. The Kier molecular flexibility index (Phi) is 2.91. The summed E-state index contributed by atoms with van der Waals surface area (Å²) in [4.78, 5) is 25.8. The summed E-state index contributed by atoms with van der Waals surface area (Å²) < 4.78 is 0. The summed E-state index contributed by atoms with van der Waals surface area (Å²) in [5.74, 6) is -0.116. The fourth-order valence-electron chi connectivity index (χ4n) is 1.80. The van der Waals surface area contributed by atoms with Gasteiger partial charge in [0.15, 0.2) is 12.1 Å². The van der Waals surface area contributed by atoms with Crippen molar-refractivity contribution in [1.82, 2.24) is 4.98 Å². The number of nitrogens with one attached hydrogen (secondary N) is 1. The first kappa shape index (κ1) is 11.3. The van der Waals surface area contributed by atoms with Gasteiger partial charge in [-0.2, -0.15) is 0 Å². The smallest absolute Gasteiger partial charge is 0.195 e. The Hall–Kier alpha value is -2.16. The molecule has 0 aliphatic carbocycles. The molecule has 0 bridgehead atoms. The van der Waals surface area contributed by atoms with Gasteiger partial charge in [-0.1, -0.05) is 17.7 Å². The monoisotopic (exact) mass is 227 g/mol. The molecule has 0 fully saturated rings. The Morgan fingerprint density at radius 3 is 2.65 bits per heavy atom. The molecule has 2 aromatic rings. The van der Waals surface area contributed by atoms with Gasteiger partial charge >= 0.3 is 0 Å². The van der Waals surface area contributed by atoms with Crippen molar-refractivity contribution in [1.29, 1.82) is 0 Å². The van der Waals surface area contributed by atoms with Crippen LogP contribution in [0.25, 0.3) is 0 Å². The number of carbonyl (C=O) groups is 2. The van der Waals surface area contributed by atoms with Gasteiger partial charge in [-0.05, 0) is 31.5 Å². The summed E-state index contributed by atoms with van der Waals surface area (Å²) >= 11 is 0. The maximum Gasteiger partial charge on any atom is 0.195 e. The van der Waals surface area contributed by atoms with Crippen molar-refractivity contribution in [2.75, 3.05) is 0 Å². The Balaban J connectivity index is 2.51. The van der Waals surface area contributed by atoms with Crippen LogP contribution in [-0.4, -0.2) is 17.1 Å². The molecule has 0 aliphatic rings. The van der Waals surface area contributed by atoms with E-state index in [1.54, 1.807) is 12.3 Å². The zero-order chi connectivity index (χ0) is 12.4. The van der Waals surface area contributed by atoms with E-state index in [9.17, 15) is 9.59 Å². The largest absolute Gasteiger partial charge is 0.358 e. The van der Waals surface area contributed by atoms with Gasteiger partial charge in [0.05, 0.1) is 11.3 Å². The molecular formula is C14H13NO2. The molecule has 0 amide bonds. The number of aromatic amines is 1. The highest BCUT2D eigenvalue weighted by atomic mass is 16.1. The van der Waals surface area contributed by atoms with Crippen LogP contribution in [0.15, 0.2) is 30.5 Å². The number of ketones is 1. The summed E-state index contributed by atoms with van der Waals surface area (Å²) in [5, 5.41) is 0. The van der Waals surface area contributed by atoms with Crippen LogP contribution in [-0.2, 0) is 0 Å². The van der Waals surface area contributed by atoms with Crippen LogP contribution in [0.2, 0.25) is 0 Å². The lowest BCUT2D eigenvalue weighted by Gasteiger charge is -2.05. The molecule has 1 N–H and O–H groups in total. The number of benzene rings is 1. The molecule has 3 heteroatoms. The predicted octanol–water partition coefficient (Wildman–Crippen LogP) is 2.68. The summed E-state index contributed by atoms with van der Waals surface area (Å²) in [6.45, 7) is 3.83. The minimum absolute atomic E-state index is 0.116. The fourth-order valence-corrected chi connectivity index (χ4v) is 1.80. The van der Waals surface area contributed by atoms with Gasteiger partial charge < -0.3 is 4.98 Å². The van der Waals surface area contributed by atoms with Crippen molar-refractivity contribution in [2.45, 2.75) is 13.8 Å². The number of hydrogen-bond donors (Lipinski definition) is 1. The SMILES string of the molecule is Cc1ccc(C)c(C(=O)c2cc[nH]c2C=O)c1. The van der Waals surface area contributed by atoms with Gasteiger partial charge in [-0.15, -0.1) is 0 Å². The molecule has 1 aromatic heterocycles. The third-order valence-electron chi connectivity index (χ3n) is 2.78. The molecule has 0 unspecified atom stereocenters. The topological polar surface area (TPSA) is 49.9 Å². The van der Waals surface area contributed by atoms with Crippen molar-refractivity contribution in [2.24, 2.45) is 0 Å². The molecule has 1 aromatic carbocycles. The highest BCUT2D eigenvalue weighted by Gasteiger charge is 2.16. The van der Waals surface area contributed by atoms with Crippen LogP contribution in [0.3, 0.4) is 0 Å². The van der Waals surface area contributed by atoms with E-state index in [0.29, 0.717) is 23.1 Å². The van der Waals surface area contributed by atoms with E-state index in [1.165, 1.54) is 0 Å². The lowest BCUT2D eigenvalue weighted by atomic mass is 9.97. The molecule has 0 aliphatic heterocycles. The van der Waals surface area contributed by atoms with Crippen LogP contribution in [0, 0.1) is 13.8 Å². The third-order valence-corrected chi connectivity index (χ3v) is 2.78. The zero-order valence-electron chi connectivity index (χ0n) is 9.78. The standard InChI is InChI=1S/C14H13NO2/c1-9-3-4-10(2)12(7-9)14(17)11-5-6-15-13(11)8-16/h3-8,15H,1-2H3. The normalized spacial score (nSPS) is 10.2. The van der Waals surface area contributed by atoms with Gasteiger partial charge in [0, 0.05) is 11.8 Å². The summed E-state index contributed by atoms with van der Waals surface area (Å²) in [6.07, 6.45) is 2.26. The first-order chi connectivity index (χ1) is 8.13. The first-order valence-electron chi connectivity index (χ1n) is 5.38. The maximum atomic E-state index is 12.3. The second-order valence-electron chi connectivity index (χ2n) is 4.07. The predicted molar refractivity (Wildman–Crippen MR) is 65.5 cm³/mol. The van der Waals surface area contributed by atoms with Crippen molar-refractivity contribution in [3.8, 4) is 0 Å². The highest BCUT2D eigenvalue weighted by Crippen LogP contribution is 2.17. The van der Waals surface area contributed by atoms with Gasteiger partial charge in [0.1, 0.15) is 0 Å². The van der Waals surface area contributed by atoms with Crippen molar-refractivity contribution in [3.63, 3.8) is 0 Å². The number of aromatic nitrogens is 1. The van der Waals surface area contributed by atoms with Gasteiger partial charge in [0.2, 0.25) is 0 Å². The number of rotatable bonds is 3. The van der Waals surface area contributed by atoms with Gasteiger partial charge in [-0.3, -0.25) is 9.59 Å². The van der Waals surface area contributed by atoms with Gasteiger partial charge in [0.25, 0.3) is 0 Å². The van der Waals surface area contributed by atoms with E-state index in [2.05, 4.69) is 4.98 Å². The Bertz CT molecular complexity index is 582. The fraction of sp³-hybridized carbons (Fsp3) is 0.143. The van der Waals surface area contributed by atoms with Crippen molar-refractivity contribution in [3.05, 3.63) is 58.4 Å². The molecule has 0 atom stereocenters. The minimum atomic E-state index is -0.116. The maximum absolute atomic E-state index is 12.3. The molecule has 17 heavy (non-hydrogen) atoms. The highest BCUT2D eigenvalue weighted by molar-refractivity contribution is 6.13. The number of carbonyl (C=O) groups excluding carboxylic acids is 2. The average Bonchev–Trinajstić information content (AvgIpc) is 2.79. The van der Waals surface area contributed by atoms with Crippen LogP contribution in [0.5, 0.6) is 0 Å². The number of aldehydes is 1. The zero-order valence-corrected chi connectivity index (χ0v) is 9.78. The van der Waals surface area contributed by atoms with E-state index in [4.69, 9.17) is 0 Å². The molecule has 0 saturated carbocycles. The molecule has 0 saturated heterocycles. The van der Waals surface area contributed by atoms with E-state index in [0.717, 1.165) is 11.1 Å². The van der Waals surface area contributed by atoms with Gasteiger partial charge in [-0.25, -0.2) is 0 Å². The molecule has 1 heterocycles. The van der Waals surface area contributed by atoms with Crippen molar-refractivity contribution < 1.29 is 9.59 Å². The Morgan fingerprint density at radius 2 is 1.94 bits per heavy atom. The van der Waals surface area contributed by atoms with Crippen LogP contribution >= 0.6 is 0 Å². The minimum Gasteiger partial charge on any atom is -0.358 e. The van der Waals surface area contributed by atoms with Crippen LogP contribution in [0.1, 0.15) is 37.5 Å². The lowest BCUT2D eigenvalue weighted by Crippen LogP contribution is -2.05. The number of aryl methyl sites for hydroxylation is 2.